The second-order valence-electron chi connectivity index (χ2n) is 12.8. The van der Waals surface area contributed by atoms with Gasteiger partial charge in [-0.2, -0.15) is 0 Å². The van der Waals surface area contributed by atoms with Crippen LogP contribution < -0.4 is 20.9 Å². The largest absolute Gasteiger partial charge is 0.359 e. The van der Waals surface area contributed by atoms with E-state index in [0.717, 1.165) is 51.4 Å². The van der Waals surface area contributed by atoms with Crippen molar-refractivity contribution in [2.24, 2.45) is 5.92 Å². The number of carbonyl (C=O) groups excluding carboxylic acids is 1. The van der Waals surface area contributed by atoms with Gasteiger partial charge in [-0.05, 0) is 62.4 Å². The van der Waals surface area contributed by atoms with Gasteiger partial charge in [-0.15, -0.1) is 0 Å². The predicted molar refractivity (Wildman–Crippen MR) is 168 cm³/mol. The zero-order valence-electron chi connectivity index (χ0n) is 24.4. The molecule has 5 aromatic rings. The lowest BCUT2D eigenvalue weighted by molar-refractivity contribution is 0.262. The number of hydrogen-bond acceptors (Lipinski definition) is 8. The molecular weight excluding hydrogens is 548 g/mol. The molecule has 4 heterocycles. The van der Waals surface area contributed by atoms with Crippen LogP contribution in [-0.4, -0.2) is 51.2 Å². The summed E-state index contributed by atoms with van der Waals surface area (Å²) in [6.07, 6.45) is 7.29. The number of aromatic nitrogens is 4. The number of urea groups is 1. The van der Waals surface area contributed by atoms with E-state index in [9.17, 15) is 4.79 Å². The number of hydrogen-bond donors (Lipinski definition) is 3. The highest BCUT2D eigenvalue weighted by molar-refractivity contribution is 7.23. The lowest BCUT2D eigenvalue weighted by atomic mass is 9.93. The number of thiazole rings is 1. The van der Waals surface area contributed by atoms with Gasteiger partial charge in [-0.3, -0.25) is 9.72 Å². The minimum absolute atomic E-state index is 0.186. The monoisotopic (exact) mass is 584 g/mol. The van der Waals surface area contributed by atoms with E-state index in [0.29, 0.717) is 17.3 Å². The number of anilines is 3. The van der Waals surface area contributed by atoms with Gasteiger partial charge in [0.1, 0.15) is 16.4 Å². The van der Waals surface area contributed by atoms with Gasteiger partial charge in [0.05, 0.1) is 11.2 Å². The summed E-state index contributed by atoms with van der Waals surface area (Å²) < 4.78 is 7.44. The fraction of sp³-hybridized carbons (Fsp3) is 0.419. The van der Waals surface area contributed by atoms with Crippen molar-refractivity contribution in [2.75, 3.05) is 35.7 Å². The van der Waals surface area contributed by atoms with Crippen molar-refractivity contribution in [3.63, 3.8) is 0 Å². The Labute approximate surface area is 248 Å². The van der Waals surface area contributed by atoms with Crippen molar-refractivity contribution in [1.82, 2.24) is 24.8 Å². The standard InChI is InChI=1S/C31H36N8O2S/c1-30(2,3)24-15-25(37-41-24)35-28(40)33-21-9-7-20(8-10-21)22-17-39-23-11-12-26(36-27(23)42-29(39)34-22)38(4)18-31(13-14-31)32-16-19-5-6-19/h7-12,15,17,19,32H,5-6,13-14,16,18H2,1-4H3,(H2,33,35,37,40). The van der Waals surface area contributed by atoms with E-state index < -0.39 is 0 Å². The number of pyridine rings is 1. The number of nitrogens with zero attached hydrogens (tertiary/aromatic N) is 5. The number of rotatable bonds is 9. The second-order valence-corrected chi connectivity index (χ2v) is 13.8. The van der Waals surface area contributed by atoms with E-state index in [4.69, 9.17) is 14.5 Å². The number of benzene rings is 1. The summed E-state index contributed by atoms with van der Waals surface area (Å²) in [4.78, 5) is 26.5. The molecule has 2 amide bonds. The van der Waals surface area contributed by atoms with Gasteiger partial charge in [0.2, 0.25) is 0 Å². The Morgan fingerprint density at radius 1 is 1.12 bits per heavy atom. The quantitative estimate of drug-likeness (QED) is 0.181. The molecule has 1 aromatic carbocycles. The second kappa shape index (κ2) is 10.1. The topological polar surface area (TPSA) is 113 Å². The molecule has 2 aliphatic rings. The Kier molecular flexibility index (Phi) is 6.47. The maximum Gasteiger partial charge on any atom is 0.324 e. The van der Waals surface area contributed by atoms with Gasteiger partial charge in [-0.1, -0.05) is 49.4 Å². The smallest absolute Gasteiger partial charge is 0.324 e. The van der Waals surface area contributed by atoms with E-state index in [-0.39, 0.29) is 17.0 Å². The van der Waals surface area contributed by atoms with Crippen LogP contribution in [0.25, 0.3) is 26.6 Å². The lowest BCUT2D eigenvalue weighted by Gasteiger charge is -2.25. The number of imidazole rings is 1. The predicted octanol–water partition coefficient (Wildman–Crippen LogP) is 6.51. The summed E-state index contributed by atoms with van der Waals surface area (Å²) in [5.41, 5.74) is 3.63. The van der Waals surface area contributed by atoms with E-state index in [2.05, 4.69) is 49.6 Å². The van der Waals surface area contributed by atoms with Crippen LogP contribution in [0.1, 0.15) is 52.2 Å². The van der Waals surface area contributed by atoms with Gasteiger partial charge >= 0.3 is 6.03 Å². The zero-order chi connectivity index (χ0) is 29.1. The highest BCUT2D eigenvalue weighted by Crippen LogP contribution is 2.39. The molecule has 10 nitrogen and oxygen atoms in total. The van der Waals surface area contributed by atoms with E-state index in [1.165, 1.54) is 25.7 Å². The highest BCUT2D eigenvalue weighted by Gasteiger charge is 2.44. The third-order valence-corrected chi connectivity index (χ3v) is 9.09. The van der Waals surface area contributed by atoms with Crippen LogP contribution in [0.2, 0.25) is 0 Å². The third kappa shape index (κ3) is 5.58. The number of amides is 2. The number of nitrogens with one attached hydrogen (secondary N) is 3. The maximum atomic E-state index is 12.5. The van der Waals surface area contributed by atoms with Crippen LogP contribution in [-0.2, 0) is 5.41 Å². The summed E-state index contributed by atoms with van der Waals surface area (Å²) in [5.74, 6) is 2.97. The van der Waals surface area contributed by atoms with Crippen LogP contribution >= 0.6 is 11.3 Å². The first-order valence-corrected chi connectivity index (χ1v) is 15.4. The minimum Gasteiger partial charge on any atom is -0.359 e. The van der Waals surface area contributed by atoms with Crippen LogP contribution in [0.5, 0.6) is 0 Å². The number of likely N-dealkylation sites (N-methyl/N-ethyl adjacent to an activating group) is 1. The average molecular weight is 585 g/mol. The van der Waals surface area contributed by atoms with E-state index in [1.54, 1.807) is 17.4 Å². The molecule has 0 saturated heterocycles. The Hall–Kier alpha value is -3.96. The normalized spacial score (nSPS) is 16.2. The first-order valence-electron chi connectivity index (χ1n) is 14.5. The van der Waals surface area contributed by atoms with E-state index in [1.807, 2.05) is 51.2 Å². The van der Waals surface area contributed by atoms with E-state index >= 15 is 0 Å². The van der Waals surface area contributed by atoms with Gasteiger partial charge in [0.15, 0.2) is 10.8 Å². The third-order valence-electron chi connectivity index (χ3n) is 8.12. The Morgan fingerprint density at radius 3 is 2.60 bits per heavy atom. The first kappa shape index (κ1) is 26.9. The Bertz CT molecular complexity index is 1760. The molecule has 4 aromatic heterocycles. The molecule has 11 heteroatoms. The molecule has 0 bridgehead atoms. The van der Waals surface area contributed by atoms with Crippen molar-refractivity contribution < 1.29 is 9.32 Å². The molecule has 0 aliphatic heterocycles. The van der Waals surface area contributed by atoms with Crippen molar-refractivity contribution >= 4 is 50.0 Å². The molecule has 0 spiro atoms. The molecule has 2 fully saturated rings. The van der Waals surface area contributed by atoms with Crippen LogP contribution in [0.4, 0.5) is 22.1 Å². The molecule has 0 unspecified atom stereocenters. The summed E-state index contributed by atoms with van der Waals surface area (Å²) in [5, 5.41) is 13.3. The summed E-state index contributed by atoms with van der Waals surface area (Å²) in [6.45, 7) is 8.21. The summed E-state index contributed by atoms with van der Waals surface area (Å²) in [7, 11) is 2.14. The van der Waals surface area contributed by atoms with Crippen molar-refractivity contribution in [3.05, 3.63) is 54.4 Å². The van der Waals surface area contributed by atoms with Crippen molar-refractivity contribution in [3.8, 4) is 11.3 Å². The Balaban J connectivity index is 1.00. The maximum absolute atomic E-state index is 12.5. The van der Waals surface area contributed by atoms with Gasteiger partial charge < -0.3 is 20.1 Å². The molecule has 7 rings (SSSR count). The fourth-order valence-electron chi connectivity index (χ4n) is 5.18. The number of carbonyl (C=O) groups is 1. The SMILES string of the molecule is CN(CC1(NCC2CC2)CC1)c1ccc2c(n1)sc1nc(-c3ccc(NC(=O)Nc4cc(C(C)(C)C)on4)cc3)cn12. The van der Waals surface area contributed by atoms with Crippen LogP contribution in [0, 0.1) is 5.92 Å². The zero-order valence-corrected chi connectivity index (χ0v) is 25.2. The molecule has 42 heavy (non-hydrogen) atoms. The number of fused-ring (bicyclic) bond motifs is 3. The van der Waals surface area contributed by atoms with Crippen molar-refractivity contribution in [1.29, 1.82) is 0 Å². The van der Waals surface area contributed by atoms with Crippen LogP contribution in [0.3, 0.4) is 0 Å². The highest BCUT2D eigenvalue weighted by atomic mass is 32.1. The molecule has 218 valence electrons. The molecule has 2 aliphatic carbocycles. The molecule has 0 atom stereocenters. The molecule has 2 saturated carbocycles. The lowest BCUT2D eigenvalue weighted by Crippen LogP contribution is -2.43. The van der Waals surface area contributed by atoms with Gasteiger partial charge in [0.25, 0.3) is 0 Å². The first-order chi connectivity index (χ1) is 20.1. The molecular formula is C31H36N8O2S. The molecule has 3 N–H and O–H groups in total. The van der Waals surface area contributed by atoms with Gasteiger partial charge in [-0.25, -0.2) is 14.8 Å². The van der Waals surface area contributed by atoms with Crippen molar-refractivity contribution in [2.45, 2.75) is 57.4 Å². The van der Waals surface area contributed by atoms with Crippen LogP contribution in [0.15, 0.2) is 53.2 Å². The minimum atomic E-state index is -0.384. The molecule has 0 radical (unpaired) electrons. The summed E-state index contributed by atoms with van der Waals surface area (Å²) >= 11 is 1.60. The van der Waals surface area contributed by atoms with Gasteiger partial charge in [0, 0.05) is 48.1 Å². The summed E-state index contributed by atoms with van der Waals surface area (Å²) in [6, 6.07) is 13.2. The fourth-order valence-corrected chi connectivity index (χ4v) is 6.15. The Morgan fingerprint density at radius 2 is 1.90 bits per heavy atom. The average Bonchev–Trinajstić information content (AvgIpc) is 3.79.